The molecule has 0 radical (unpaired) electrons. The average molecular weight is 348 g/mol. The molecule has 3 nitrogen and oxygen atoms in total. The standard InChI is InChI=1S/C16H15BrFN3/c1-10(16-20-14-4-2-3-5-15(14)21-16)19-9-11-6-7-12(17)13(18)8-11/h2-8,10,19H,9H2,1H3,(H,20,21). The van der Waals surface area contributed by atoms with Crippen LogP contribution in [0.3, 0.4) is 0 Å². The number of halogens is 2. The third-order valence-corrected chi connectivity index (χ3v) is 4.06. The molecule has 3 rings (SSSR count). The predicted molar refractivity (Wildman–Crippen MR) is 85.4 cm³/mol. The molecule has 1 heterocycles. The maximum absolute atomic E-state index is 13.5. The molecule has 108 valence electrons. The lowest BCUT2D eigenvalue weighted by Gasteiger charge is -2.11. The zero-order valence-electron chi connectivity index (χ0n) is 11.5. The van der Waals surface area contributed by atoms with Gasteiger partial charge in [0, 0.05) is 6.54 Å². The van der Waals surface area contributed by atoms with Crippen molar-refractivity contribution in [1.29, 1.82) is 0 Å². The molecule has 0 aliphatic carbocycles. The second-order valence-corrected chi connectivity index (χ2v) is 5.84. The van der Waals surface area contributed by atoms with Crippen molar-refractivity contribution in [3.05, 3.63) is 64.1 Å². The minimum absolute atomic E-state index is 0.0594. The summed E-state index contributed by atoms with van der Waals surface area (Å²) in [6.07, 6.45) is 0. The summed E-state index contributed by atoms with van der Waals surface area (Å²) in [5.41, 5.74) is 2.88. The van der Waals surface area contributed by atoms with Gasteiger partial charge in [-0.1, -0.05) is 18.2 Å². The number of benzene rings is 2. The number of nitrogens with zero attached hydrogens (tertiary/aromatic N) is 1. The second kappa shape index (κ2) is 5.95. The largest absolute Gasteiger partial charge is 0.341 e. The average Bonchev–Trinajstić information content (AvgIpc) is 2.92. The lowest BCUT2D eigenvalue weighted by Crippen LogP contribution is -2.19. The minimum Gasteiger partial charge on any atom is -0.341 e. The van der Waals surface area contributed by atoms with E-state index in [2.05, 4.69) is 31.2 Å². The number of aromatic amines is 1. The molecule has 1 atom stereocenters. The van der Waals surface area contributed by atoms with Gasteiger partial charge in [-0.15, -0.1) is 0 Å². The number of aromatic nitrogens is 2. The number of hydrogen-bond acceptors (Lipinski definition) is 2. The summed E-state index contributed by atoms with van der Waals surface area (Å²) in [5.74, 6) is 0.638. The number of fused-ring (bicyclic) bond motifs is 1. The van der Waals surface area contributed by atoms with Gasteiger partial charge < -0.3 is 10.3 Å². The van der Waals surface area contributed by atoms with E-state index < -0.39 is 0 Å². The predicted octanol–water partition coefficient (Wildman–Crippen LogP) is 4.32. The third kappa shape index (κ3) is 3.14. The van der Waals surface area contributed by atoms with Crippen molar-refractivity contribution in [2.24, 2.45) is 0 Å². The molecule has 0 saturated carbocycles. The van der Waals surface area contributed by atoms with Crippen LogP contribution in [-0.4, -0.2) is 9.97 Å². The van der Waals surface area contributed by atoms with Crippen molar-refractivity contribution in [3.8, 4) is 0 Å². The normalized spacial score (nSPS) is 12.7. The maximum Gasteiger partial charge on any atom is 0.137 e. The van der Waals surface area contributed by atoms with Crippen LogP contribution in [0.2, 0.25) is 0 Å². The van der Waals surface area contributed by atoms with Gasteiger partial charge in [-0.2, -0.15) is 0 Å². The lowest BCUT2D eigenvalue weighted by atomic mass is 10.2. The topological polar surface area (TPSA) is 40.7 Å². The van der Waals surface area contributed by atoms with Crippen LogP contribution in [0.1, 0.15) is 24.4 Å². The van der Waals surface area contributed by atoms with E-state index in [-0.39, 0.29) is 11.9 Å². The van der Waals surface area contributed by atoms with Gasteiger partial charge in [-0.25, -0.2) is 9.37 Å². The monoisotopic (exact) mass is 347 g/mol. The van der Waals surface area contributed by atoms with Crippen LogP contribution < -0.4 is 5.32 Å². The number of imidazole rings is 1. The number of para-hydroxylation sites is 2. The molecule has 21 heavy (non-hydrogen) atoms. The van der Waals surface area contributed by atoms with Crippen molar-refractivity contribution in [1.82, 2.24) is 15.3 Å². The molecule has 1 unspecified atom stereocenters. The first-order chi connectivity index (χ1) is 10.1. The number of rotatable bonds is 4. The summed E-state index contributed by atoms with van der Waals surface area (Å²) in [4.78, 5) is 7.85. The molecular weight excluding hydrogens is 333 g/mol. The van der Waals surface area contributed by atoms with E-state index >= 15 is 0 Å². The Bertz CT molecular complexity index is 736. The molecule has 0 spiro atoms. The molecule has 0 aliphatic heterocycles. The van der Waals surface area contributed by atoms with Crippen molar-refractivity contribution in [2.45, 2.75) is 19.5 Å². The Morgan fingerprint density at radius 1 is 1.29 bits per heavy atom. The highest BCUT2D eigenvalue weighted by Crippen LogP contribution is 2.18. The van der Waals surface area contributed by atoms with Gasteiger partial charge in [0.1, 0.15) is 11.6 Å². The van der Waals surface area contributed by atoms with Crippen LogP contribution in [-0.2, 0) is 6.54 Å². The van der Waals surface area contributed by atoms with Crippen molar-refractivity contribution in [2.75, 3.05) is 0 Å². The van der Waals surface area contributed by atoms with E-state index in [0.717, 1.165) is 22.4 Å². The van der Waals surface area contributed by atoms with Crippen LogP contribution in [0.5, 0.6) is 0 Å². The smallest absolute Gasteiger partial charge is 0.137 e. The number of nitrogens with one attached hydrogen (secondary N) is 2. The highest BCUT2D eigenvalue weighted by atomic mass is 79.9. The van der Waals surface area contributed by atoms with E-state index in [1.165, 1.54) is 6.07 Å². The summed E-state index contributed by atoms with van der Waals surface area (Å²) in [7, 11) is 0. The Kier molecular flexibility index (Phi) is 4.03. The summed E-state index contributed by atoms with van der Waals surface area (Å²) in [6, 6.07) is 13.1. The van der Waals surface area contributed by atoms with Crippen LogP contribution in [0.15, 0.2) is 46.9 Å². The summed E-state index contributed by atoms with van der Waals surface area (Å²) < 4.78 is 14.0. The Hall–Kier alpha value is -1.72. The number of hydrogen-bond donors (Lipinski definition) is 2. The fourth-order valence-electron chi connectivity index (χ4n) is 2.19. The molecule has 1 aromatic heterocycles. The highest BCUT2D eigenvalue weighted by Gasteiger charge is 2.10. The first-order valence-electron chi connectivity index (χ1n) is 6.75. The Labute approximate surface area is 130 Å². The van der Waals surface area contributed by atoms with E-state index in [4.69, 9.17) is 0 Å². The Morgan fingerprint density at radius 3 is 2.86 bits per heavy atom. The van der Waals surface area contributed by atoms with Gasteiger partial charge in [0.05, 0.1) is 21.5 Å². The maximum atomic E-state index is 13.5. The quantitative estimate of drug-likeness (QED) is 0.737. The zero-order chi connectivity index (χ0) is 14.8. The van der Waals surface area contributed by atoms with Crippen LogP contribution >= 0.6 is 15.9 Å². The minimum atomic E-state index is -0.245. The SMILES string of the molecule is CC(NCc1ccc(Br)c(F)c1)c1nc2ccccc2[nH]1. The van der Waals surface area contributed by atoms with Crippen molar-refractivity contribution >= 4 is 27.0 Å². The van der Waals surface area contributed by atoms with Gasteiger partial charge in [0.15, 0.2) is 0 Å². The fraction of sp³-hybridized carbons (Fsp3) is 0.188. The zero-order valence-corrected chi connectivity index (χ0v) is 13.1. The fourth-order valence-corrected chi connectivity index (χ4v) is 2.44. The van der Waals surface area contributed by atoms with Crippen LogP contribution in [0.25, 0.3) is 11.0 Å². The molecular formula is C16H15BrFN3. The van der Waals surface area contributed by atoms with Crippen molar-refractivity contribution < 1.29 is 4.39 Å². The highest BCUT2D eigenvalue weighted by molar-refractivity contribution is 9.10. The van der Waals surface area contributed by atoms with E-state index in [0.29, 0.717) is 11.0 Å². The Morgan fingerprint density at radius 2 is 2.10 bits per heavy atom. The van der Waals surface area contributed by atoms with E-state index in [1.54, 1.807) is 6.07 Å². The van der Waals surface area contributed by atoms with E-state index in [9.17, 15) is 4.39 Å². The summed E-state index contributed by atoms with van der Waals surface area (Å²) in [5, 5.41) is 3.35. The van der Waals surface area contributed by atoms with E-state index in [1.807, 2.05) is 37.3 Å². The second-order valence-electron chi connectivity index (χ2n) is 4.99. The first kappa shape index (κ1) is 14.2. The number of H-pyrrole nitrogens is 1. The molecule has 3 aromatic rings. The summed E-state index contributed by atoms with van der Waals surface area (Å²) >= 11 is 3.16. The molecule has 2 aromatic carbocycles. The van der Waals surface area contributed by atoms with Gasteiger partial charge in [-0.05, 0) is 52.7 Å². The Balaban J connectivity index is 1.70. The molecule has 0 amide bonds. The lowest BCUT2D eigenvalue weighted by molar-refractivity contribution is 0.548. The molecule has 0 saturated heterocycles. The molecule has 2 N–H and O–H groups in total. The molecule has 0 bridgehead atoms. The first-order valence-corrected chi connectivity index (χ1v) is 7.55. The van der Waals surface area contributed by atoms with Crippen LogP contribution in [0.4, 0.5) is 4.39 Å². The van der Waals surface area contributed by atoms with Gasteiger partial charge in [0.2, 0.25) is 0 Å². The third-order valence-electron chi connectivity index (χ3n) is 3.41. The molecule has 0 aliphatic rings. The molecule has 5 heteroatoms. The molecule has 0 fully saturated rings. The summed E-state index contributed by atoms with van der Waals surface area (Å²) in [6.45, 7) is 2.62. The van der Waals surface area contributed by atoms with Gasteiger partial charge in [-0.3, -0.25) is 0 Å². The van der Waals surface area contributed by atoms with Crippen LogP contribution in [0, 0.1) is 5.82 Å². The van der Waals surface area contributed by atoms with Gasteiger partial charge in [0.25, 0.3) is 0 Å². The van der Waals surface area contributed by atoms with Crippen molar-refractivity contribution in [3.63, 3.8) is 0 Å². The van der Waals surface area contributed by atoms with Gasteiger partial charge >= 0.3 is 0 Å².